The summed E-state index contributed by atoms with van der Waals surface area (Å²) < 4.78 is 1.51. The molecular formula is C12H19BrN4O3. The first-order valence-electron chi connectivity index (χ1n) is 6.47. The molecule has 0 atom stereocenters. The number of hydrogen-bond donors (Lipinski definition) is 3. The molecule has 0 aromatic carbocycles. The highest BCUT2D eigenvalue weighted by Gasteiger charge is 2.08. The number of anilines is 1. The van der Waals surface area contributed by atoms with Crippen LogP contribution in [0.2, 0.25) is 0 Å². The van der Waals surface area contributed by atoms with E-state index >= 15 is 0 Å². The van der Waals surface area contributed by atoms with Gasteiger partial charge in [0.2, 0.25) is 5.91 Å². The summed E-state index contributed by atoms with van der Waals surface area (Å²) >= 11 is 3.19. The molecule has 20 heavy (non-hydrogen) atoms. The molecule has 1 rings (SSSR count). The van der Waals surface area contributed by atoms with E-state index in [2.05, 4.69) is 31.7 Å². The number of nitrogens with one attached hydrogen (secondary N) is 2. The molecule has 1 aromatic rings. The normalized spacial score (nSPS) is 10.3. The Balaban J connectivity index is 2.55. The zero-order valence-corrected chi connectivity index (χ0v) is 12.9. The molecule has 8 heteroatoms. The number of nitrogens with zero attached hydrogens (tertiary/aromatic N) is 2. The Morgan fingerprint density at radius 3 is 2.90 bits per heavy atom. The zero-order valence-electron chi connectivity index (χ0n) is 11.4. The lowest BCUT2D eigenvalue weighted by atomic mass is 10.3. The Morgan fingerprint density at radius 1 is 1.50 bits per heavy atom. The Morgan fingerprint density at radius 2 is 2.25 bits per heavy atom. The first kappa shape index (κ1) is 16.6. The van der Waals surface area contributed by atoms with Gasteiger partial charge in [-0.1, -0.05) is 6.92 Å². The summed E-state index contributed by atoms with van der Waals surface area (Å²) in [6.07, 6.45) is 2.72. The first-order valence-corrected chi connectivity index (χ1v) is 7.26. The predicted octanol–water partition coefficient (Wildman–Crippen LogP) is 0.326. The van der Waals surface area contributed by atoms with E-state index in [-0.39, 0.29) is 24.6 Å². The molecule has 0 aliphatic rings. The molecule has 1 heterocycles. The highest BCUT2D eigenvalue weighted by atomic mass is 79.9. The zero-order chi connectivity index (χ0) is 15.0. The van der Waals surface area contributed by atoms with Gasteiger partial charge in [0.15, 0.2) is 0 Å². The lowest BCUT2D eigenvalue weighted by Gasteiger charge is -2.10. The number of carbonyl (C=O) groups is 1. The predicted molar refractivity (Wildman–Crippen MR) is 79.7 cm³/mol. The smallest absolute Gasteiger partial charge is 0.283 e. The highest BCUT2D eigenvalue weighted by Crippen LogP contribution is 2.15. The quantitative estimate of drug-likeness (QED) is 0.630. The fraction of sp³-hybridized carbons (Fsp3) is 0.583. The van der Waals surface area contributed by atoms with Crippen molar-refractivity contribution in [2.24, 2.45) is 0 Å². The molecule has 7 nitrogen and oxygen atoms in total. The molecule has 1 amide bonds. The Kier molecular flexibility index (Phi) is 7.24. The first-order chi connectivity index (χ1) is 9.60. The average molecular weight is 347 g/mol. The summed E-state index contributed by atoms with van der Waals surface area (Å²) in [7, 11) is 0. The van der Waals surface area contributed by atoms with Crippen molar-refractivity contribution in [2.45, 2.75) is 26.3 Å². The third kappa shape index (κ3) is 4.93. The molecule has 0 saturated carbocycles. The van der Waals surface area contributed by atoms with Crippen molar-refractivity contribution in [1.29, 1.82) is 0 Å². The number of hydrogen-bond acceptors (Lipinski definition) is 5. The van der Waals surface area contributed by atoms with Crippen LogP contribution in [-0.2, 0) is 11.3 Å². The van der Waals surface area contributed by atoms with Crippen molar-refractivity contribution in [3.05, 3.63) is 21.0 Å². The van der Waals surface area contributed by atoms with E-state index < -0.39 is 0 Å². The van der Waals surface area contributed by atoms with Gasteiger partial charge in [0.05, 0.1) is 25.0 Å². The average Bonchev–Trinajstić information content (AvgIpc) is 2.44. The van der Waals surface area contributed by atoms with Crippen molar-refractivity contribution >= 4 is 27.5 Å². The van der Waals surface area contributed by atoms with E-state index in [0.29, 0.717) is 29.7 Å². The van der Waals surface area contributed by atoms with Gasteiger partial charge in [-0.2, -0.15) is 5.10 Å². The van der Waals surface area contributed by atoms with Gasteiger partial charge in [-0.05, 0) is 22.4 Å². The maximum atomic E-state index is 11.8. The van der Waals surface area contributed by atoms with E-state index in [1.807, 2.05) is 6.92 Å². The van der Waals surface area contributed by atoms with Crippen LogP contribution in [0.1, 0.15) is 19.8 Å². The van der Waals surface area contributed by atoms with Crippen molar-refractivity contribution in [3.63, 3.8) is 0 Å². The van der Waals surface area contributed by atoms with Crippen molar-refractivity contribution in [1.82, 2.24) is 15.1 Å². The highest BCUT2D eigenvalue weighted by molar-refractivity contribution is 9.10. The van der Waals surface area contributed by atoms with Crippen LogP contribution in [0.5, 0.6) is 0 Å². The maximum absolute atomic E-state index is 11.8. The lowest BCUT2D eigenvalue weighted by molar-refractivity contribution is -0.120. The van der Waals surface area contributed by atoms with Gasteiger partial charge < -0.3 is 15.7 Å². The number of amides is 1. The molecule has 0 saturated heterocycles. The van der Waals surface area contributed by atoms with Crippen LogP contribution in [-0.4, -0.2) is 40.5 Å². The standard InChI is InChI=1S/C12H19BrN4O3/c1-2-4-15-10(19)3-5-14-9-8-16-17(6-7-18)12(20)11(9)13/h8,14,18H,2-7H2,1H3,(H,15,19). The lowest BCUT2D eigenvalue weighted by Crippen LogP contribution is -2.27. The van der Waals surface area contributed by atoms with Gasteiger partial charge in [-0.15, -0.1) is 0 Å². The number of aliphatic hydroxyl groups is 1. The number of carbonyl (C=O) groups excluding carboxylic acids is 1. The van der Waals surface area contributed by atoms with E-state index in [1.165, 1.54) is 10.9 Å². The number of aromatic nitrogens is 2. The van der Waals surface area contributed by atoms with Gasteiger partial charge in [-0.3, -0.25) is 9.59 Å². The molecule has 112 valence electrons. The Bertz CT molecular complexity index is 504. The fourth-order valence-electron chi connectivity index (χ4n) is 1.51. The minimum Gasteiger partial charge on any atom is -0.394 e. The third-order valence-corrected chi connectivity index (χ3v) is 3.30. The number of halogens is 1. The molecular weight excluding hydrogens is 328 g/mol. The van der Waals surface area contributed by atoms with Crippen LogP contribution >= 0.6 is 15.9 Å². The van der Waals surface area contributed by atoms with Gasteiger partial charge >= 0.3 is 0 Å². The number of rotatable bonds is 8. The summed E-state index contributed by atoms with van der Waals surface area (Å²) in [4.78, 5) is 23.3. The molecule has 0 bridgehead atoms. The van der Waals surface area contributed by atoms with Gasteiger partial charge in [-0.25, -0.2) is 4.68 Å². The molecule has 1 aromatic heterocycles. The Labute approximate surface area is 125 Å². The maximum Gasteiger partial charge on any atom is 0.283 e. The fourth-order valence-corrected chi connectivity index (χ4v) is 1.95. The molecule has 0 aliphatic heterocycles. The topological polar surface area (TPSA) is 96.2 Å². The third-order valence-electron chi connectivity index (χ3n) is 2.54. The van der Waals surface area contributed by atoms with E-state index in [0.717, 1.165) is 6.42 Å². The largest absolute Gasteiger partial charge is 0.394 e. The van der Waals surface area contributed by atoms with Crippen LogP contribution in [0, 0.1) is 0 Å². The summed E-state index contributed by atoms with van der Waals surface area (Å²) in [5, 5.41) is 18.5. The second-order valence-corrected chi connectivity index (χ2v) is 4.94. The van der Waals surface area contributed by atoms with Crippen LogP contribution < -0.4 is 16.2 Å². The van der Waals surface area contributed by atoms with E-state index in [9.17, 15) is 9.59 Å². The van der Waals surface area contributed by atoms with Crippen molar-refractivity contribution in [2.75, 3.05) is 25.0 Å². The molecule has 3 N–H and O–H groups in total. The van der Waals surface area contributed by atoms with Gasteiger partial charge in [0.1, 0.15) is 4.47 Å². The van der Waals surface area contributed by atoms with Crippen LogP contribution in [0.3, 0.4) is 0 Å². The van der Waals surface area contributed by atoms with Crippen molar-refractivity contribution < 1.29 is 9.90 Å². The summed E-state index contributed by atoms with van der Waals surface area (Å²) in [6.45, 7) is 3.07. The van der Waals surface area contributed by atoms with Gasteiger partial charge in [0.25, 0.3) is 5.56 Å². The van der Waals surface area contributed by atoms with Crippen LogP contribution in [0.25, 0.3) is 0 Å². The van der Waals surface area contributed by atoms with Crippen LogP contribution in [0.15, 0.2) is 15.5 Å². The second kappa shape index (κ2) is 8.70. The molecule has 0 unspecified atom stereocenters. The SMILES string of the molecule is CCCNC(=O)CCNc1cnn(CCO)c(=O)c1Br. The van der Waals surface area contributed by atoms with E-state index in [1.54, 1.807) is 0 Å². The second-order valence-electron chi connectivity index (χ2n) is 4.15. The minimum atomic E-state index is -0.320. The molecule has 0 radical (unpaired) electrons. The number of aliphatic hydroxyl groups excluding tert-OH is 1. The van der Waals surface area contributed by atoms with Crippen molar-refractivity contribution in [3.8, 4) is 0 Å². The minimum absolute atomic E-state index is 0.0305. The summed E-state index contributed by atoms with van der Waals surface area (Å²) in [5.41, 5.74) is 0.215. The summed E-state index contributed by atoms with van der Waals surface area (Å²) in [6, 6.07) is 0. The monoisotopic (exact) mass is 346 g/mol. The molecule has 0 fully saturated rings. The van der Waals surface area contributed by atoms with Crippen LogP contribution in [0.4, 0.5) is 5.69 Å². The summed E-state index contributed by atoms with van der Waals surface area (Å²) in [5.74, 6) is -0.0305. The molecule has 0 spiro atoms. The molecule has 0 aliphatic carbocycles. The van der Waals surface area contributed by atoms with Gasteiger partial charge in [0, 0.05) is 19.5 Å². The van der Waals surface area contributed by atoms with E-state index in [4.69, 9.17) is 5.11 Å². The Hall–Kier alpha value is -1.41.